The second kappa shape index (κ2) is 4.53. The lowest BCUT2D eigenvalue weighted by molar-refractivity contribution is -0.134. The maximum Gasteiger partial charge on any atom is 0.235 e. The Morgan fingerprint density at radius 2 is 2.31 bits per heavy atom. The topological polar surface area (TPSA) is 46.3 Å². The Labute approximate surface area is 106 Å². The van der Waals surface area contributed by atoms with Crippen LogP contribution >= 0.6 is 24.0 Å². The maximum absolute atomic E-state index is 12.3. The van der Waals surface area contributed by atoms with Gasteiger partial charge in [0.05, 0.1) is 10.4 Å². The molecule has 1 saturated heterocycles. The number of rotatable bonds is 3. The Kier molecular flexibility index (Phi) is 3.45. The van der Waals surface area contributed by atoms with Gasteiger partial charge in [-0.15, -0.1) is 0 Å². The van der Waals surface area contributed by atoms with Crippen molar-refractivity contribution in [2.75, 3.05) is 18.8 Å². The van der Waals surface area contributed by atoms with E-state index in [9.17, 15) is 4.79 Å². The molecule has 0 spiro atoms. The number of amides is 1. The van der Waals surface area contributed by atoms with Crippen LogP contribution in [0.3, 0.4) is 0 Å². The predicted molar refractivity (Wildman–Crippen MR) is 71.6 cm³/mol. The van der Waals surface area contributed by atoms with Gasteiger partial charge in [0.2, 0.25) is 5.91 Å². The van der Waals surface area contributed by atoms with E-state index in [4.69, 9.17) is 18.0 Å². The van der Waals surface area contributed by atoms with Crippen LogP contribution in [0.1, 0.15) is 26.2 Å². The summed E-state index contributed by atoms with van der Waals surface area (Å²) < 4.78 is 0. The molecular formula is C11H18N2OS2. The monoisotopic (exact) mass is 258 g/mol. The quantitative estimate of drug-likeness (QED) is 0.778. The van der Waals surface area contributed by atoms with Gasteiger partial charge in [-0.3, -0.25) is 4.79 Å². The van der Waals surface area contributed by atoms with Gasteiger partial charge >= 0.3 is 0 Å². The van der Waals surface area contributed by atoms with E-state index < -0.39 is 5.41 Å². The number of carbonyl (C=O) groups excluding carboxylic acids is 1. The number of nitrogens with two attached hydrogens (primary N) is 1. The molecule has 90 valence electrons. The molecule has 0 aromatic heterocycles. The van der Waals surface area contributed by atoms with Gasteiger partial charge in [-0.05, 0) is 19.3 Å². The lowest BCUT2D eigenvalue weighted by Gasteiger charge is -2.34. The highest BCUT2D eigenvalue weighted by Crippen LogP contribution is 2.48. The van der Waals surface area contributed by atoms with Gasteiger partial charge in [0, 0.05) is 24.1 Å². The third kappa shape index (κ3) is 2.07. The molecule has 2 fully saturated rings. The molecule has 2 rings (SSSR count). The van der Waals surface area contributed by atoms with E-state index in [-0.39, 0.29) is 5.91 Å². The molecule has 2 aliphatic rings. The number of thioether (sulfide) groups is 1. The van der Waals surface area contributed by atoms with E-state index in [0.29, 0.717) is 10.2 Å². The summed E-state index contributed by atoms with van der Waals surface area (Å²) in [4.78, 5) is 14.7. The summed E-state index contributed by atoms with van der Waals surface area (Å²) in [5.74, 6) is 1.22. The summed E-state index contributed by atoms with van der Waals surface area (Å²) in [5.41, 5.74) is 5.22. The van der Waals surface area contributed by atoms with Crippen molar-refractivity contribution in [2.24, 2.45) is 11.1 Å². The lowest BCUT2D eigenvalue weighted by atomic mass is 10.1. The van der Waals surface area contributed by atoms with Crippen LogP contribution in [0.15, 0.2) is 0 Å². The average molecular weight is 258 g/mol. The normalized spacial score (nSPS) is 27.6. The minimum Gasteiger partial charge on any atom is -0.392 e. The van der Waals surface area contributed by atoms with Gasteiger partial charge in [0.15, 0.2) is 0 Å². The molecule has 16 heavy (non-hydrogen) atoms. The van der Waals surface area contributed by atoms with Crippen molar-refractivity contribution in [1.29, 1.82) is 0 Å². The van der Waals surface area contributed by atoms with Crippen LogP contribution in [-0.4, -0.2) is 39.9 Å². The van der Waals surface area contributed by atoms with Crippen LogP contribution < -0.4 is 5.73 Å². The Morgan fingerprint density at radius 3 is 2.81 bits per heavy atom. The van der Waals surface area contributed by atoms with E-state index in [0.717, 1.165) is 38.1 Å². The summed E-state index contributed by atoms with van der Waals surface area (Å²) in [6.07, 6.45) is 2.82. The number of hydrogen-bond acceptors (Lipinski definition) is 3. The van der Waals surface area contributed by atoms with E-state index >= 15 is 0 Å². The van der Waals surface area contributed by atoms with Gasteiger partial charge in [0.25, 0.3) is 0 Å². The highest BCUT2D eigenvalue weighted by molar-refractivity contribution is 8.00. The van der Waals surface area contributed by atoms with E-state index in [1.807, 2.05) is 16.7 Å². The molecule has 3 nitrogen and oxygen atoms in total. The predicted octanol–water partition coefficient (Wildman–Crippen LogP) is 1.41. The maximum atomic E-state index is 12.3. The largest absolute Gasteiger partial charge is 0.392 e. The zero-order chi connectivity index (χ0) is 11.8. The summed E-state index contributed by atoms with van der Waals surface area (Å²) in [7, 11) is 0. The molecule has 1 aliphatic heterocycles. The van der Waals surface area contributed by atoms with E-state index in [1.165, 1.54) is 0 Å². The van der Waals surface area contributed by atoms with Crippen molar-refractivity contribution in [2.45, 2.75) is 31.4 Å². The molecule has 5 heteroatoms. The van der Waals surface area contributed by atoms with Gasteiger partial charge in [-0.2, -0.15) is 11.8 Å². The van der Waals surface area contributed by atoms with Crippen LogP contribution in [0.2, 0.25) is 0 Å². The minimum atomic E-state index is -0.463. The molecular weight excluding hydrogens is 240 g/mol. The molecule has 1 saturated carbocycles. The minimum absolute atomic E-state index is 0.179. The zero-order valence-electron chi connectivity index (χ0n) is 9.57. The molecule has 2 N–H and O–H groups in total. The average Bonchev–Trinajstić information content (AvgIpc) is 3.09. The van der Waals surface area contributed by atoms with Crippen molar-refractivity contribution in [3.05, 3.63) is 0 Å². The summed E-state index contributed by atoms with van der Waals surface area (Å²) in [6, 6.07) is 0. The molecule has 1 unspecified atom stereocenters. The first-order chi connectivity index (χ1) is 7.60. The van der Waals surface area contributed by atoms with Crippen LogP contribution in [0, 0.1) is 5.41 Å². The second-order valence-electron chi connectivity index (χ2n) is 4.60. The Bertz CT molecular complexity index is 315. The van der Waals surface area contributed by atoms with Crippen LogP contribution in [0.4, 0.5) is 0 Å². The Morgan fingerprint density at radius 1 is 1.62 bits per heavy atom. The van der Waals surface area contributed by atoms with Crippen LogP contribution in [0.25, 0.3) is 0 Å². The second-order valence-corrected chi connectivity index (χ2v) is 6.45. The van der Waals surface area contributed by atoms with Gasteiger partial charge in [0.1, 0.15) is 0 Å². The third-order valence-corrected chi connectivity index (χ3v) is 5.28. The van der Waals surface area contributed by atoms with Gasteiger partial charge in [-0.1, -0.05) is 19.1 Å². The highest BCUT2D eigenvalue weighted by atomic mass is 32.2. The third-order valence-electron chi connectivity index (χ3n) is 3.51. The number of thiocarbonyl (C=S) groups is 1. The van der Waals surface area contributed by atoms with E-state index in [2.05, 4.69) is 6.92 Å². The first kappa shape index (κ1) is 12.2. The molecule has 1 atom stereocenters. The Balaban J connectivity index is 2.02. The van der Waals surface area contributed by atoms with Crippen molar-refractivity contribution < 1.29 is 4.79 Å². The van der Waals surface area contributed by atoms with E-state index in [1.54, 1.807) is 0 Å². The molecule has 1 heterocycles. The molecule has 0 aromatic rings. The first-order valence-electron chi connectivity index (χ1n) is 5.81. The first-order valence-corrected chi connectivity index (χ1v) is 7.27. The van der Waals surface area contributed by atoms with Crippen molar-refractivity contribution in [1.82, 2.24) is 4.90 Å². The van der Waals surface area contributed by atoms with Crippen molar-refractivity contribution in [3.63, 3.8) is 0 Å². The van der Waals surface area contributed by atoms with Gasteiger partial charge in [-0.25, -0.2) is 0 Å². The number of carbonyl (C=O) groups is 1. The van der Waals surface area contributed by atoms with Crippen LogP contribution in [-0.2, 0) is 4.79 Å². The van der Waals surface area contributed by atoms with Crippen LogP contribution in [0.5, 0.6) is 0 Å². The molecule has 1 amide bonds. The number of nitrogens with zero attached hydrogens (tertiary/aromatic N) is 1. The standard InChI is InChI=1S/C11H18N2OS2/c1-2-8-7-13(5-6-16-8)10(14)11(3-4-11)9(12)15/h8H,2-7H2,1H3,(H2,12,15). The van der Waals surface area contributed by atoms with Crippen molar-refractivity contribution in [3.8, 4) is 0 Å². The fourth-order valence-corrected chi connectivity index (χ4v) is 3.62. The molecule has 0 bridgehead atoms. The summed E-state index contributed by atoms with van der Waals surface area (Å²) in [5, 5.41) is 0.583. The summed E-state index contributed by atoms with van der Waals surface area (Å²) in [6.45, 7) is 3.89. The number of hydrogen-bond donors (Lipinski definition) is 1. The zero-order valence-corrected chi connectivity index (χ0v) is 11.2. The van der Waals surface area contributed by atoms with Crippen molar-refractivity contribution >= 4 is 34.9 Å². The van der Waals surface area contributed by atoms with Gasteiger partial charge < -0.3 is 10.6 Å². The highest BCUT2D eigenvalue weighted by Gasteiger charge is 2.54. The molecule has 0 radical (unpaired) electrons. The Hall–Kier alpha value is -0.290. The molecule has 1 aliphatic carbocycles. The summed E-state index contributed by atoms with van der Waals surface area (Å²) >= 11 is 6.99. The molecule has 0 aromatic carbocycles. The SMILES string of the molecule is CCC1CN(C(=O)C2(C(N)=S)CC2)CCS1. The smallest absolute Gasteiger partial charge is 0.235 e. The fourth-order valence-electron chi connectivity index (χ4n) is 2.14. The fraction of sp³-hybridized carbons (Fsp3) is 0.818. The lowest BCUT2D eigenvalue weighted by Crippen LogP contribution is -2.48.